The van der Waals surface area contributed by atoms with E-state index in [1.165, 1.54) is 35.7 Å². The van der Waals surface area contributed by atoms with Crippen LogP contribution in [0.2, 0.25) is 0 Å². The number of rotatable bonds is 15. The van der Waals surface area contributed by atoms with Crippen molar-refractivity contribution in [2.24, 2.45) is 0 Å². The van der Waals surface area contributed by atoms with Crippen molar-refractivity contribution in [1.82, 2.24) is 40.5 Å². The highest BCUT2D eigenvalue weighted by Gasteiger charge is 2.52. The lowest BCUT2D eigenvalue weighted by molar-refractivity contribution is -0.160. The van der Waals surface area contributed by atoms with E-state index >= 15 is 0 Å². The topological polar surface area (TPSA) is 391 Å². The van der Waals surface area contributed by atoms with Gasteiger partial charge in [0.25, 0.3) is 0 Å². The maximum atomic E-state index is 13.2. The summed E-state index contributed by atoms with van der Waals surface area (Å²) in [5, 5.41) is 33.7. The summed E-state index contributed by atoms with van der Waals surface area (Å²) in [7, 11) is -7.71. The zero-order valence-corrected chi connectivity index (χ0v) is 32.5. The molecule has 59 heavy (non-hydrogen) atoms. The smallest absolute Gasteiger partial charge is 0.455 e. The van der Waals surface area contributed by atoms with Gasteiger partial charge >= 0.3 is 28.1 Å². The molecule has 0 radical (unpaired) electrons. The molecule has 1 amide bonds. The third-order valence-corrected chi connectivity index (χ3v) is 9.52. The van der Waals surface area contributed by atoms with E-state index in [1.807, 2.05) is 0 Å². The van der Waals surface area contributed by atoms with Gasteiger partial charge in [-0.2, -0.15) is 19.2 Å². The minimum absolute atomic E-state index is 0. The number of aliphatic hydroxyl groups excluding tert-OH is 3. The van der Waals surface area contributed by atoms with Crippen molar-refractivity contribution >= 4 is 45.3 Å². The Morgan fingerprint density at radius 2 is 1.69 bits per heavy atom. The summed E-state index contributed by atoms with van der Waals surface area (Å²) in [4.78, 5) is 88.2. The molecule has 2 fully saturated rings. The fraction of sp³-hybridized carbons (Fsp3) is 0.406. The minimum Gasteiger partial charge on any atom is -0.455 e. The number of nitrogens with zero attached hydrogens (tertiary/aromatic N) is 6. The number of hydrogen-bond donors (Lipinski definition) is 10. The summed E-state index contributed by atoms with van der Waals surface area (Å²) in [6.07, 6.45) is -2.97. The van der Waals surface area contributed by atoms with E-state index in [-0.39, 0.29) is 24.3 Å². The highest BCUT2D eigenvalue weighted by atomic mass is 31.2. The predicted octanol–water partition coefficient (Wildman–Crippen LogP) is -1.24. The quantitative estimate of drug-likeness (QED) is 0.0379. The van der Waals surface area contributed by atoms with E-state index < -0.39 is 96.4 Å². The maximum Gasteiger partial charge on any atom is 0.695 e. The number of anilines is 1. The number of nitrogens with one attached hydrogen (secondary N) is 1. The second-order valence-electron chi connectivity index (χ2n) is 12.4. The fourth-order valence-corrected chi connectivity index (χ4v) is 6.76. The Kier molecular flexibility index (Phi) is 16.6. The van der Waals surface area contributed by atoms with Crippen LogP contribution < -0.4 is 22.9 Å². The molecule has 3 aromatic heterocycles. The zero-order valence-electron chi connectivity index (χ0n) is 30.7. The normalized spacial score (nSPS) is 24.6. The monoisotopic (exact) mass is 871 g/mol. The van der Waals surface area contributed by atoms with Crippen molar-refractivity contribution < 1.29 is 72.3 Å². The van der Waals surface area contributed by atoms with Crippen LogP contribution in [0.5, 0.6) is 0 Å². The third-order valence-electron chi connectivity index (χ3n) is 8.60. The summed E-state index contributed by atoms with van der Waals surface area (Å²) in [5.74, 6) is -1.02. The van der Waals surface area contributed by atoms with Gasteiger partial charge in [0.15, 0.2) is 42.2 Å². The number of nitrogen functional groups attached to an aromatic ring is 1. The average molecular weight is 872 g/mol. The van der Waals surface area contributed by atoms with E-state index in [4.69, 9.17) is 39.5 Å². The standard InChI is InChI=1S/C23H26N6O6.C9H13N2O10P2.H3N/c1-2-3-9-15(31)28-16(13-7-5-4-6-8-13)23(33)35-19-14(10-30)34-22(18(19)32)29-12-27-17-20(24)25-11-26-21(17)29;12-6-7(21-22(14)15)5(4-19-23(16,17)18)20-8(6)11-3-1-2-10-9(11)13;/h2,4-8,11-12,14,16,18-19,22,30,32H,1,3,9-10H2,(H,28,31)(H2,24,25,26);1-3,5-8,12,16-18H,4H2;1H3/q;+1;/p+1/t14-,16+,18-,19-,22-;5-,6-,7-,8-;/m11./s1. The van der Waals surface area contributed by atoms with Gasteiger partial charge in [0.2, 0.25) is 5.91 Å². The number of amides is 1. The molecule has 2 saturated heterocycles. The first-order chi connectivity index (χ1) is 27.6. The summed E-state index contributed by atoms with van der Waals surface area (Å²) in [6, 6.07) is 8.85. The molecule has 25 nitrogen and oxygen atoms in total. The van der Waals surface area contributed by atoms with Gasteiger partial charge in [-0.25, -0.2) is 29.5 Å². The van der Waals surface area contributed by atoms with Crippen LogP contribution in [0.15, 0.2) is 78.9 Å². The average Bonchev–Trinajstić information content (AvgIpc) is 3.85. The van der Waals surface area contributed by atoms with E-state index in [2.05, 4.69) is 40.9 Å². The number of ether oxygens (including phenoxy) is 3. The van der Waals surface area contributed by atoms with E-state index in [1.54, 1.807) is 36.4 Å². The van der Waals surface area contributed by atoms with Gasteiger partial charge in [-0.15, -0.1) is 16.0 Å². The van der Waals surface area contributed by atoms with Crippen LogP contribution in [0.25, 0.3) is 11.2 Å². The van der Waals surface area contributed by atoms with Crippen LogP contribution in [0.4, 0.5) is 5.82 Å². The number of allylic oxidation sites excluding steroid dienone is 1. The molecular weight excluding hydrogens is 828 g/mol. The molecule has 5 heterocycles. The summed E-state index contributed by atoms with van der Waals surface area (Å²) in [5.41, 5.74) is 6.20. The lowest BCUT2D eigenvalue weighted by Gasteiger charge is -2.24. The number of hydrogen-bond acceptors (Lipinski definition) is 21. The summed E-state index contributed by atoms with van der Waals surface area (Å²) in [6.45, 7) is 2.39. The predicted molar refractivity (Wildman–Crippen MR) is 201 cm³/mol. The Balaban J connectivity index is 0.000000279. The van der Waals surface area contributed by atoms with Crippen LogP contribution in [-0.4, -0.2) is 126 Å². The molecule has 27 heteroatoms. The number of carbonyl (C=O) groups excluding carboxylic acids is 2. The first kappa shape index (κ1) is 46.9. The van der Waals surface area contributed by atoms with Crippen molar-refractivity contribution in [2.75, 3.05) is 18.9 Å². The number of benzene rings is 1. The van der Waals surface area contributed by atoms with Crippen molar-refractivity contribution in [3.8, 4) is 0 Å². The Bertz CT molecular complexity index is 2110. The van der Waals surface area contributed by atoms with Gasteiger partial charge in [0.05, 0.1) is 12.9 Å². The van der Waals surface area contributed by atoms with Crippen molar-refractivity contribution in [3.05, 3.63) is 90.1 Å². The van der Waals surface area contributed by atoms with E-state index in [0.717, 1.165) is 4.57 Å². The second kappa shape index (κ2) is 20.9. The molecule has 4 aromatic rings. The number of esters is 1. The van der Waals surface area contributed by atoms with Crippen LogP contribution >= 0.6 is 16.4 Å². The molecule has 6 rings (SSSR count). The minimum atomic E-state index is -4.58. The molecule has 0 spiro atoms. The van der Waals surface area contributed by atoms with Crippen LogP contribution in [0.1, 0.15) is 36.9 Å². The second-order valence-corrected chi connectivity index (χ2v) is 14.4. The Hall–Kier alpha value is -4.82. The molecule has 1 aromatic carbocycles. The Labute approximate surface area is 334 Å². The van der Waals surface area contributed by atoms with Crippen LogP contribution in [-0.2, 0) is 37.4 Å². The van der Waals surface area contributed by atoms with Crippen molar-refractivity contribution in [1.29, 1.82) is 0 Å². The fourth-order valence-electron chi connectivity index (χ4n) is 5.94. The molecule has 1 unspecified atom stereocenters. The molecule has 2 aliphatic rings. The number of fused-ring (bicyclic) bond motifs is 1. The van der Waals surface area contributed by atoms with Crippen LogP contribution in [0.3, 0.4) is 0 Å². The Morgan fingerprint density at radius 1 is 1.02 bits per heavy atom. The molecular formula is C32H43N9O16P2+2. The summed E-state index contributed by atoms with van der Waals surface area (Å²) < 4.78 is 38.9. The lowest BCUT2D eigenvalue weighted by atomic mass is 10.1. The van der Waals surface area contributed by atoms with Crippen LogP contribution in [0, 0.1) is 0 Å². The third kappa shape index (κ3) is 11.7. The number of aromatic nitrogens is 6. The first-order valence-electron chi connectivity index (χ1n) is 17.1. The highest BCUT2D eigenvalue weighted by molar-refractivity contribution is 7.53. The van der Waals surface area contributed by atoms with Crippen molar-refractivity contribution in [2.45, 2.75) is 68.0 Å². The van der Waals surface area contributed by atoms with Gasteiger partial charge in [-0.1, -0.05) is 36.4 Å². The van der Waals surface area contributed by atoms with Gasteiger partial charge < -0.3 is 46.7 Å². The van der Waals surface area contributed by atoms with Crippen molar-refractivity contribution in [3.63, 3.8) is 0 Å². The van der Waals surface area contributed by atoms with Gasteiger partial charge in [-0.3, -0.25) is 13.9 Å². The SMILES string of the molecule is C=CCCC(=O)N[C@H](C(=O)O[C@H]1[C@@H](O)[C@H](n2cnc3c(N)ncnc32)O[C@@H]1CO)c1ccccc1.N.O=c1ncccn1[C@@H]1O[C@H](CO[P+](O)(O)O)[C@@H](O[P+](=O)O)[C@H]1O. The molecule has 2 aliphatic heterocycles. The van der Waals surface area contributed by atoms with Gasteiger partial charge in [0.1, 0.15) is 42.9 Å². The lowest BCUT2D eigenvalue weighted by Crippen LogP contribution is -2.42. The number of carbonyl (C=O) groups is 2. The van der Waals surface area contributed by atoms with Gasteiger partial charge in [-0.05, 0) is 18.1 Å². The molecule has 320 valence electrons. The number of imidazole rings is 1. The molecule has 0 bridgehead atoms. The number of aliphatic hydroxyl groups is 3. The maximum absolute atomic E-state index is 13.2. The molecule has 13 N–H and O–H groups in total. The van der Waals surface area contributed by atoms with E-state index in [9.17, 15) is 34.3 Å². The van der Waals surface area contributed by atoms with Gasteiger partial charge in [0, 0.05) is 23.4 Å². The highest BCUT2D eigenvalue weighted by Crippen LogP contribution is 2.47. The van der Waals surface area contributed by atoms with E-state index in [0.29, 0.717) is 23.1 Å². The first-order valence-corrected chi connectivity index (χ1v) is 19.8. The molecule has 0 aliphatic carbocycles. The Morgan fingerprint density at radius 3 is 2.34 bits per heavy atom. The molecule has 10 atom stereocenters. The number of nitrogens with two attached hydrogens (primary N) is 1. The summed E-state index contributed by atoms with van der Waals surface area (Å²) >= 11 is 0. The zero-order chi connectivity index (χ0) is 42.1. The molecule has 0 saturated carbocycles. The largest absolute Gasteiger partial charge is 0.695 e.